The summed E-state index contributed by atoms with van der Waals surface area (Å²) in [5, 5.41) is 0.433. The average Bonchev–Trinajstić information content (AvgIpc) is 2.10. The Morgan fingerprint density at radius 2 is 2.00 bits per heavy atom. The van der Waals surface area contributed by atoms with E-state index in [1.54, 1.807) is 0 Å². The molecule has 0 saturated heterocycles. The van der Waals surface area contributed by atoms with E-state index in [9.17, 15) is 0 Å². The van der Waals surface area contributed by atoms with Crippen LogP contribution in [0.4, 0.5) is 0 Å². The van der Waals surface area contributed by atoms with Gasteiger partial charge in [-0.25, -0.2) is 0 Å². The second-order valence-electron chi connectivity index (χ2n) is 4.74. The number of alkyl halides is 1. The van der Waals surface area contributed by atoms with Gasteiger partial charge >= 0.3 is 0 Å². The van der Waals surface area contributed by atoms with Crippen LogP contribution >= 0.6 is 11.6 Å². The summed E-state index contributed by atoms with van der Waals surface area (Å²) in [6.07, 6.45) is 6.59. The predicted molar refractivity (Wildman–Crippen MR) is 60.2 cm³/mol. The van der Waals surface area contributed by atoms with E-state index in [1.807, 2.05) is 0 Å². The molecular weight excluding hydrogens is 180 g/mol. The molecule has 1 saturated carbocycles. The van der Waals surface area contributed by atoms with Crippen molar-refractivity contribution in [3.8, 4) is 0 Å². The number of hydrogen-bond acceptors (Lipinski definition) is 0. The molecule has 1 fully saturated rings. The Hall–Kier alpha value is 0.290. The maximum Gasteiger partial charge on any atom is 0.0366 e. The fourth-order valence-corrected chi connectivity index (χ4v) is 3.20. The molecule has 0 aromatic carbocycles. The first kappa shape index (κ1) is 11.4. The highest BCUT2D eigenvalue weighted by Gasteiger charge is 2.31. The summed E-state index contributed by atoms with van der Waals surface area (Å²) in [5.41, 5.74) is 0. The van der Waals surface area contributed by atoms with Crippen molar-refractivity contribution in [2.45, 2.75) is 58.3 Å². The molecule has 0 aliphatic heterocycles. The van der Waals surface area contributed by atoms with Crippen LogP contribution in [0.5, 0.6) is 0 Å². The average molecular weight is 203 g/mol. The molecule has 0 nitrogen and oxygen atoms in total. The molecule has 0 heterocycles. The summed E-state index contributed by atoms with van der Waals surface area (Å²) in [7, 11) is 0. The molecule has 0 bridgehead atoms. The Kier molecular flexibility index (Phi) is 4.58. The van der Waals surface area contributed by atoms with Crippen molar-refractivity contribution in [3.63, 3.8) is 0 Å². The van der Waals surface area contributed by atoms with Crippen LogP contribution in [0.2, 0.25) is 0 Å². The zero-order chi connectivity index (χ0) is 9.84. The Labute approximate surface area is 88.1 Å². The summed E-state index contributed by atoms with van der Waals surface area (Å²) in [6, 6.07) is 0. The summed E-state index contributed by atoms with van der Waals surface area (Å²) in [4.78, 5) is 0. The van der Waals surface area contributed by atoms with Crippen LogP contribution < -0.4 is 0 Å². The van der Waals surface area contributed by atoms with Gasteiger partial charge in [-0.1, -0.05) is 40.0 Å². The Morgan fingerprint density at radius 1 is 1.31 bits per heavy atom. The smallest absolute Gasteiger partial charge is 0.0366 e. The van der Waals surface area contributed by atoms with Gasteiger partial charge in [0.25, 0.3) is 0 Å². The Morgan fingerprint density at radius 3 is 2.62 bits per heavy atom. The molecule has 0 spiro atoms. The molecule has 4 atom stereocenters. The van der Waals surface area contributed by atoms with E-state index in [0.29, 0.717) is 5.38 Å². The Bertz CT molecular complexity index is 144. The minimum atomic E-state index is 0.433. The molecule has 0 aromatic heterocycles. The van der Waals surface area contributed by atoms with E-state index in [0.717, 1.165) is 17.8 Å². The monoisotopic (exact) mass is 202 g/mol. The molecule has 1 aliphatic carbocycles. The fourth-order valence-electron chi connectivity index (χ4n) is 2.62. The highest BCUT2D eigenvalue weighted by atomic mass is 35.5. The van der Waals surface area contributed by atoms with Crippen LogP contribution in [0.15, 0.2) is 0 Å². The molecule has 0 radical (unpaired) electrons. The van der Waals surface area contributed by atoms with Crippen LogP contribution in [0.1, 0.15) is 52.9 Å². The van der Waals surface area contributed by atoms with Crippen molar-refractivity contribution in [3.05, 3.63) is 0 Å². The third-order valence-electron chi connectivity index (χ3n) is 3.80. The lowest BCUT2D eigenvalue weighted by atomic mass is 9.72. The first-order valence-electron chi connectivity index (χ1n) is 5.80. The van der Waals surface area contributed by atoms with Crippen LogP contribution in [0, 0.1) is 17.8 Å². The minimum absolute atomic E-state index is 0.433. The first-order chi connectivity index (χ1) is 6.16. The van der Waals surface area contributed by atoms with Gasteiger partial charge in [0.15, 0.2) is 0 Å². The third kappa shape index (κ3) is 2.87. The van der Waals surface area contributed by atoms with E-state index in [2.05, 4.69) is 20.8 Å². The van der Waals surface area contributed by atoms with Crippen LogP contribution in [-0.2, 0) is 0 Å². The largest absolute Gasteiger partial charge is 0.123 e. The third-order valence-corrected chi connectivity index (χ3v) is 4.34. The van der Waals surface area contributed by atoms with Gasteiger partial charge in [0.1, 0.15) is 0 Å². The lowest BCUT2D eigenvalue weighted by Gasteiger charge is -2.36. The lowest BCUT2D eigenvalue weighted by Crippen LogP contribution is -2.30. The summed E-state index contributed by atoms with van der Waals surface area (Å²) in [5.74, 6) is 2.50. The second kappa shape index (κ2) is 5.24. The molecule has 0 aromatic rings. The van der Waals surface area contributed by atoms with Crippen molar-refractivity contribution in [2.75, 3.05) is 0 Å². The molecule has 0 amide bonds. The van der Waals surface area contributed by atoms with Crippen LogP contribution in [0.25, 0.3) is 0 Å². The summed E-state index contributed by atoms with van der Waals surface area (Å²) >= 11 is 6.42. The van der Waals surface area contributed by atoms with Crippen molar-refractivity contribution in [2.24, 2.45) is 17.8 Å². The van der Waals surface area contributed by atoms with Gasteiger partial charge in [0.2, 0.25) is 0 Å². The quantitative estimate of drug-likeness (QED) is 0.593. The summed E-state index contributed by atoms with van der Waals surface area (Å²) < 4.78 is 0. The van der Waals surface area contributed by atoms with Crippen molar-refractivity contribution in [1.29, 1.82) is 0 Å². The molecule has 4 unspecified atom stereocenters. The van der Waals surface area contributed by atoms with Crippen molar-refractivity contribution >= 4 is 11.6 Å². The predicted octanol–water partition coefficient (Wildman–Crippen LogP) is 4.47. The zero-order valence-electron chi connectivity index (χ0n) is 9.22. The van der Waals surface area contributed by atoms with E-state index < -0.39 is 0 Å². The van der Waals surface area contributed by atoms with Gasteiger partial charge in [-0.15, -0.1) is 11.6 Å². The van der Waals surface area contributed by atoms with Gasteiger partial charge in [0, 0.05) is 5.38 Å². The standard InChI is InChI=1S/C12H23Cl/c1-4-6-12(13)11-8-5-7-9(2)10(11)3/h9-12H,4-8H2,1-3H3. The van der Waals surface area contributed by atoms with Crippen LogP contribution in [0.3, 0.4) is 0 Å². The SMILES string of the molecule is CCCC(Cl)C1CCCC(C)C1C. The maximum atomic E-state index is 6.42. The summed E-state index contributed by atoms with van der Waals surface area (Å²) in [6.45, 7) is 7.00. The molecule has 1 aliphatic rings. The van der Waals surface area contributed by atoms with Gasteiger partial charge in [-0.2, -0.15) is 0 Å². The molecule has 13 heavy (non-hydrogen) atoms. The normalized spacial score (nSPS) is 37.4. The highest BCUT2D eigenvalue weighted by Crippen LogP contribution is 2.39. The highest BCUT2D eigenvalue weighted by molar-refractivity contribution is 6.20. The molecule has 1 heteroatoms. The minimum Gasteiger partial charge on any atom is -0.123 e. The number of rotatable bonds is 3. The van der Waals surface area contributed by atoms with E-state index in [1.165, 1.54) is 32.1 Å². The first-order valence-corrected chi connectivity index (χ1v) is 6.24. The fraction of sp³-hybridized carbons (Fsp3) is 1.00. The van der Waals surface area contributed by atoms with Gasteiger partial charge in [-0.3, -0.25) is 0 Å². The van der Waals surface area contributed by atoms with Crippen LogP contribution in [-0.4, -0.2) is 5.38 Å². The Balaban J connectivity index is 2.46. The molecule has 1 rings (SSSR count). The number of hydrogen-bond donors (Lipinski definition) is 0. The van der Waals surface area contributed by atoms with Crippen molar-refractivity contribution < 1.29 is 0 Å². The second-order valence-corrected chi connectivity index (χ2v) is 5.30. The van der Waals surface area contributed by atoms with E-state index in [-0.39, 0.29) is 0 Å². The van der Waals surface area contributed by atoms with Gasteiger partial charge in [-0.05, 0) is 30.6 Å². The van der Waals surface area contributed by atoms with E-state index in [4.69, 9.17) is 11.6 Å². The topological polar surface area (TPSA) is 0 Å². The van der Waals surface area contributed by atoms with Gasteiger partial charge in [0.05, 0.1) is 0 Å². The zero-order valence-corrected chi connectivity index (χ0v) is 9.98. The molecular formula is C12H23Cl. The van der Waals surface area contributed by atoms with E-state index >= 15 is 0 Å². The van der Waals surface area contributed by atoms with Gasteiger partial charge < -0.3 is 0 Å². The van der Waals surface area contributed by atoms with Crippen molar-refractivity contribution in [1.82, 2.24) is 0 Å². The molecule has 0 N–H and O–H groups in total. The lowest BCUT2D eigenvalue weighted by molar-refractivity contribution is 0.173. The number of halogens is 1. The maximum absolute atomic E-state index is 6.42. The molecule has 78 valence electrons.